The van der Waals surface area contributed by atoms with Crippen LogP contribution in [0.4, 0.5) is 5.69 Å². The summed E-state index contributed by atoms with van der Waals surface area (Å²) in [5, 5.41) is 10.8. The van der Waals surface area contributed by atoms with Crippen LogP contribution in [-0.4, -0.2) is 50.7 Å². The molecule has 2 aromatic carbocycles. The number of sulfonamides is 1. The maximum Gasteiger partial charge on any atom is 0.264 e. The number of para-hydroxylation sites is 1. The van der Waals surface area contributed by atoms with E-state index in [4.69, 9.17) is 0 Å². The van der Waals surface area contributed by atoms with E-state index in [-0.39, 0.29) is 11.4 Å². The molecule has 1 atom stereocenters. The van der Waals surface area contributed by atoms with E-state index < -0.39 is 16.1 Å². The third kappa shape index (κ3) is 7.14. The number of anilines is 1. The first-order chi connectivity index (χ1) is 14.0. The van der Waals surface area contributed by atoms with Gasteiger partial charge in [-0.2, -0.15) is 0 Å². The summed E-state index contributed by atoms with van der Waals surface area (Å²) in [5.41, 5.74) is 0.559. The van der Waals surface area contributed by atoms with E-state index in [9.17, 15) is 13.5 Å². The summed E-state index contributed by atoms with van der Waals surface area (Å²) < 4.78 is 27.9. The Balaban J connectivity index is 2.21. The molecule has 0 spiro atoms. The zero-order valence-corrected chi connectivity index (χ0v) is 18.4. The molecule has 0 saturated carbocycles. The largest absolute Gasteiger partial charge is 0.390 e. The van der Waals surface area contributed by atoms with Gasteiger partial charge in [0.1, 0.15) is 0 Å². The molecule has 0 aliphatic heterocycles. The number of benzene rings is 2. The molecule has 5 nitrogen and oxygen atoms in total. The highest BCUT2D eigenvalue weighted by Gasteiger charge is 2.27. The Bertz CT molecular complexity index is 789. The van der Waals surface area contributed by atoms with Gasteiger partial charge in [0.15, 0.2) is 0 Å². The van der Waals surface area contributed by atoms with E-state index in [1.54, 1.807) is 42.5 Å². The summed E-state index contributed by atoms with van der Waals surface area (Å²) in [5.74, 6) is 0. The molecule has 6 heteroatoms. The maximum absolute atomic E-state index is 13.3. The number of unbranched alkanes of at least 4 members (excludes halogenated alkanes) is 2. The normalized spacial score (nSPS) is 12.8. The smallest absolute Gasteiger partial charge is 0.264 e. The van der Waals surface area contributed by atoms with Gasteiger partial charge in [0.05, 0.1) is 23.2 Å². The van der Waals surface area contributed by atoms with Gasteiger partial charge in [-0.05, 0) is 50.2 Å². The van der Waals surface area contributed by atoms with Crippen molar-refractivity contribution >= 4 is 15.7 Å². The van der Waals surface area contributed by atoms with Crippen LogP contribution in [0.25, 0.3) is 0 Å². The number of hydrogen-bond donors (Lipinski definition) is 1. The molecule has 160 valence electrons. The highest BCUT2D eigenvalue weighted by Crippen LogP contribution is 2.23. The lowest BCUT2D eigenvalue weighted by Crippen LogP contribution is -2.43. The Kier molecular flexibility index (Phi) is 9.64. The van der Waals surface area contributed by atoms with Crippen molar-refractivity contribution in [3.05, 3.63) is 60.7 Å². The summed E-state index contributed by atoms with van der Waals surface area (Å²) in [4.78, 5) is 2.47. The average molecular weight is 419 g/mol. The van der Waals surface area contributed by atoms with E-state index in [1.807, 2.05) is 18.2 Å². The third-order valence-electron chi connectivity index (χ3n) is 4.88. The van der Waals surface area contributed by atoms with Gasteiger partial charge in [-0.3, -0.25) is 4.31 Å². The van der Waals surface area contributed by atoms with Crippen molar-refractivity contribution in [3.63, 3.8) is 0 Å². The molecule has 0 aliphatic rings. The molecule has 0 bridgehead atoms. The molecule has 2 rings (SSSR count). The van der Waals surface area contributed by atoms with Gasteiger partial charge in [0, 0.05) is 6.54 Å². The predicted octanol–water partition coefficient (Wildman–Crippen LogP) is 4.15. The highest BCUT2D eigenvalue weighted by molar-refractivity contribution is 7.92. The van der Waals surface area contributed by atoms with Crippen LogP contribution in [0.3, 0.4) is 0 Å². The minimum atomic E-state index is -3.76. The molecule has 0 fully saturated rings. The standard InChI is InChI=1S/C23H34N2O3S/c1-3-5-17-24(18-6-4-2)19-22(26)20-25(21-13-9-7-10-14-21)29(27,28)23-15-11-8-12-16-23/h7-16,22,26H,3-6,17-20H2,1-2H3/t22-/m1/s1. The summed E-state index contributed by atoms with van der Waals surface area (Å²) >= 11 is 0. The Morgan fingerprint density at radius 2 is 1.34 bits per heavy atom. The van der Waals surface area contributed by atoms with Crippen LogP contribution in [0.15, 0.2) is 65.6 Å². The fraction of sp³-hybridized carbons (Fsp3) is 0.478. The summed E-state index contributed by atoms with van der Waals surface area (Å²) in [6.45, 7) is 6.63. The number of aliphatic hydroxyl groups is 1. The molecule has 0 amide bonds. The zero-order chi connectivity index (χ0) is 21.1. The maximum atomic E-state index is 13.3. The fourth-order valence-corrected chi connectivity index (χ4v) is 4.78. The van der Waals surface area contributed by atoms with E-state index >= 15 is 0 Å². The van der Waals surface area contributed by atoms with E-state index in [2.05, 4.69) is 18.7 Å². The second-order valence-electron chi connectivity index (χ2n) is 7.35. The van der Waals surface area contributed by atoms with E-state index in [0.29, 0.717) is 12.2 Å². The van der Waals surface area contributed by atoms with Crippen molar-refractivity contribution in [2.24, 2.45) is 0 Å². The lowest BCUT2D eigenvalue weighted by Gasteiger charge is -2.30. The minimum Gasteiger partial charge on any atom is -0.390 e. The fourth-order valence-electron chi connectivity index (χ4n) is 3.26. The van der Waals surface area contributed by atoms with Gasteiger partial charge < -0.3 is 10.0 Å². The Hall–Kier alpha value is -1.89. The number of nitrogens with zero attached hydrogens (tertiary/aromatic N) is 2. The first-order valence-electron chi connectivity index (χ1n) is 10.5. The lowest BCUT2D eigenvalue weighted by atomic mass is 10.2. The number of aliphatic hydroxyl groups excluding tert-OH is 1. The quantitative estimate of drug-likeness (QED) is 0.531. The summed E-state index contributed by atoms with van der Waals surface area (Å²) in [7, 11) is -3.76. The second kappa shape index (κ2) is 12.0. The Morgan fingerprint density at radius 1 is 0.828 bits per heavy atom. The molecule has 0 aromatic heterocycles. The van der Waals surface area contributed by atoms with Crippen molar-refractivity contribution in [2.45, 2.75) is 50.5 Å². The Labute approximate surface area is 176 Å². The predicted molar refractivity (Wildman–Crippen MR) is 120 cm³/mol. The van der Waals surface area contributed by atoms with Crippen LogP contribution < -0.4 is 4.31 Å². The van der Waals surface area contributed by atoms with Gasteiger partial charge in [-0.15, -0.1) is 0 Å². The van der Waals surface area contributed by atoms with Crippen molar-refractivity contribution < 1.29 is 13.5 Å². The number of hydrogen-bond acceptors (Lipinski definition) is 4. The molecular formula is C23H34N2O3S. The molecule has 0 unspecified atom stereocenters. The molecule has 29 heavy (non-hydrogen) atoms. The monoisotopic (exact) mass is 418 g/mol. The van der Waals surface area contributed by atoms with Crippen molar-refractivity contribution in [1.82, 2.24) is 4.90 Å². The Morgan fingerprint density at radius 3 is 1.86 bits per heavy atom. The van der Waals surface area contributed by atoms with Crippen LogP contribution in [-0.2, 0) is 10.0 Å². The lowest BCUT2D eigenvalue weighted by molar-refractivity contribution is 0.117. The van der Waals surface area contributed by atoms with E-state index in [0.717, 1.165) is 38.8 Å². The van der Waals surface area contributed by atoms with Crippen LogP contribution in [0, 0.1) is 0 Å². The average Bonchev–Trinajstić information content (AvgIpc) is 2.75. The van der Waals surface area contributed by atoms with Crippen LogP contribution in [0.2, 0.25) is 0 Å². The van der Waals surface area contributed by atoms with Gasteiger partial charge in [-0.1, -0.05) is 63.1 Å². The minimum absolute atomic E-state index is 0.0238. The summed E-state index contributed by atoms with van der Waals surface area (Å²) in [6.07, 6.45) is 3.55. The van der Waals surface area contributed by atoms with E-state index in [1.165, 1.54) is 4.31 Å². The van der Waals surface area contributed by atoms with Gasteiger partial charge in [0.25, 0.3) is 10.0 Å². The van der Waals surface area contributed by atoms with Crippen LogP contribution >= 0.6 is 0 Å². The van der Waals surface area contributed by atoms with Crippen molar-refractivity contribution in [1.29, 1.82) is 0 Å². The number of rotatable bonds is 13. The third-order valence-corrected chi connectivity index (χ3v) is 6.68. The van der Waals surface area contributed by atoms with Crippen LogP contribution in [0.1, 0.15) is 39.5 Å². The zero-order valence-electron chi connectivity index (χ0n) is 17.6. The van der Waals surface area contributed by atoms with Crippen molar-refractivity contribution in [3.8, 4) is 0 Å². The topological polar surface area (TPSA) is 60.9 Å². The molecule has 0 radical (unpaired) electrons. The summed E-state index contributed by atoms with van der Waals surface area (Å²) in [6, 6.07) is 17.4. The first-order valence-corrected chi connectivity index (χ1v) is 12.0. The first kappa shape index (κ1) is 23.4. The molecular weight excluding hydrogens is 384 g/mol. The molecule has 1 N–H and O–H groups in total. The molecule has 0 aliphatic carbocycles. The molecule has 0 heterocycles. The SMILES string of the molecule is CCCCN(CCCC)C[C@@H](O)CN(c1ccccc1)S(=O)(=O)c1ccccc1. The van der Waals surface area contributed by atoms with Crippen molar-refractivity contribution in [2.75, 3.05) is 30.5 Å². The molecule has 0 saturated heterocycles. The van der Waals surface area contributed by atoms with Crippen LogP contribution in [0.5, 0.6) is 0 Å². The van der Waals surface area contributed by atoms with Gasteiger partial charge >= 0.3 is 0 Å². The van der Waals surface area contributed by atoms with Gasteiger partial charge in [-0.25, -0.2) is 8.42 Å². The molecule has 2 aromatic rings. The van der Waals surface area contributed by atoms with Gasteiger partial charge in [0.2, 0.25) is 0 Å². The second-order valence-corrected chi connectivity index (χ2v) is 9.21. The highest BCUT2D eigenvalue weighted by atomic mass is 32.2.